The second kappa shape index (κ2) is 8.85. The molecule has 1 saturated heterocycles. The van der Waals surface area contributed by atoms with Crippen molar-refractivity contribution in [3.8, 4) is 5.75 Å². The molecule has 0 saturated carbocycles. The molecule has 1 aliphatic heterocycles. The van der Waals surface area contributed by atoms with E-state index in [-0.39, 0.29) is 12.0 Å². The van der Waals surface area contributed by atoms with Crippen LogP contribution in [0.2, 0.25) is 5.02 Å². The normalized spacial score (nSPS) is 16.6. The molecular formula is C22H19ClN4O2S. The molecule has 6 nitrogen and oxygen atoms in total. The number of halogens is 1. The molecule has 3 aromatic rings. The molecule has 2 aromatic heterocycles. The van der Waals surface area contributed by atoms with Gasteiger partial charge in [-0.05, 0) is 55.4 Å². The van der Waals surface area contributed by atoms with E-state index in [2.05, 4.69) is 20.3 Å². The minimum atomic E-state index is -0.204. The Morgan fingerprint density at radius 3 is 2.87 bits per heavy atom. The van der Waals surface area contributed by atoms with E-state index in [0.717, 1.165) is 11.1 Å². The Morgan fingerprint density at radius 1 is 1.23 bits per heavy atom. The third-order valence-electron chi connectivity index (χ3n) is 4.21. The van der Waals surface area contributed by atoms with E-state index in [9.17, 15) is 4.79 Å². The maximum atomic E-state index is 12.4. The van der Waals surface area contributed by atoms with E-state index in [1.54, 1.807) is 18.3 Å². The van der Waals surface area contributed by atoms with Gasteiger partial charge in [0.1, 0.15) is 11.3 Å². The van der Waals surface area contributed by atoms with Crippen molar-refractivity contribution in [3.05, 3.63) is 69.8 Å². The van der Waals surface area contributed by atoms with Gasteiger partial charge in [-0.15, -0.1) is 0 Å². The molecule has 1 aliphatic rings. The van der Waals surface area contributed by atoms with Crippen LogP contribution in [0.25, 0.3) is 17.1 Å². The molecule has 152 valence electrons. The summed E-state index contributed by atoms with van der Waals surface area (Å²) in [6.45, 7) is 4.31. The highest BCUT2D eigenvalue weighted by Crippen LogP contribution is 2.28. The maximum absolute atomic E-state index is 12.4. The molecule has 0 bridgehead atoms. The van der Waals surface area contributed by atoms with E-state index in [1.807, 2.05) is 50.2 Å². The van der Waals surface area contributed by atoms with Gasteiger partial charge in [0.05, 0.1) is 28.8 Å². The zero-order valence-corrected chi connectivity index (χ0v) is 18.0. The summed E-state index contributed by atoms with van der Waals surface area (Å²) >= 11 is 7.45. The summed E-state index contributed by atoms with van der Waals surface area (Å²) in [5, 5.41) is 3.98. The van der Waals surface area contributed by atoms with Crippen LogP contribution in [0, 0.1) is 0 Å². The quantitative estimate of drug-likeness (QED) is 0.577. The molecule has 3 heterocycles. The molecule has 0 atom stereocenters. The summed E-state index contributed by atoms with van der Waals surface area (Å²) in [5.74, 6) is 0.463. The van der Waals surface area contributed by atoms with E-state index < -0.39 is 0 Å². The molecule has 8 heteroatoms. The molecule has 1 amide bonds. The predicted octanol–water partition coefficient (Wildman–Crippen LogP) is 4.83. The second-order valence-electron chi connectivity index (χ2n) is 6.86. The molecule has 1 N–H and O–H groups in total. The Balaban J connectivity index is 1.57. The van der Waals surface area contributed by atoms with Crippen LogP contribution in [0.15, 0.2) is 58.6 Å². The molecular weight excluding hydrogens is 420 g/mol. The molecule has 1 aromatic carbocycles. The fourth-order valence-corrected chi connectivity index (χ4v) is 3.87. The van der Waals surface area contributed by atoms with Gasteiger partial charge in [-0.2, -0.15) is 0 Å². The molecule has 0 radical (unpaired) electrons. The third kappa shape index (κ3) is 4.63. The van der Waals surface area contributed by atoms with Crippen molar-refractivity contribution in [2.45, 2.75) is 26.5 Å². The maximum Gasteiger partial charge on any atom is 0.264 e. The first-order chi connectivity index (χ1) is 14.5. The van der Waals surface area contributed by atoms with Gasteiger partial charge in [-0.25, -0.2) is 4.98 Å². The van der Waals surface area contributed by atoms with E-state index in [4.69, 9.17) is 16.3 Å². The lowest BCUT2D eigenvalue weighted by Gasteiger charge is -2.11. The van der Waals surface area contributed by atoms with Crippen LogP contribution in [0.5, 0.6) is 5.75 Å². The highest BCUT2D eigenvalue weighted by Gasteiger charge is 2.24. The standard InChI is InChI=1S/C22H19ClN4O2S/c1-13(2)29-18-9-10-24-17-8-7-15(26-20(17)18)11-19-21(28)27-22(30-19)25-12-14-5-3-4-6-16(14)23/h3-11,13H,12H2,1-2H3,(H,25,27,28)/b19-11-. The van der Waals surface area contributed by atoms with Gasteiger partial charge in [0, 0.05) is 17.3 Å². The van der Waals surface area contributed by atoms with E-state index in [0.29, 0.717) is 38.6 Å². The van der Waals surface area contributed by atoms with Gasteiger partial charge in [0.25, 0.3) is 5.91 Å². The van der Waals surface area contributed by atoms with Crippen LogP contribution < -0.4 is 10.1 Å². The lowest BCUT2D eigenvalue weighted by Crippen LogP contribution is -2.19. The number of hydrogen-bond acceptors (Lipinski definition) is 6. The zero-order valence-electron chi connectivity index (χ0n) is 16.4. The minimum absolute atomic E-state index is 0.0208. The number of aliphatic imine (C=N–C) groups is 1. The smallest absolute Gasteiger partial charge is 0.264 e. The first-order valence-corrected chi connectivity index (χ1v) is 10.6. The molecule has 1 fully saturated rings. The summed E-state index contributed by atoms with van der Waals surface area (Å²) in [7, 11) is 0. The Labute approximate surface area is 183 Å². The SMILES string of the molecule is CC(C)Oc1ccnc2ccc(/C=C3\SC(=NCc4ccccc4Cl)NC3=O)nc12. The van der Waals surface area contributed by atoms with Crippen LogP contribution in [-0.4, -0.2) is 27.1 Å². The summed E-state index contributed by atoms with van der Waals surface area (Å²) in [6.07, 6.45) is 3.46. The van der Waals surface area contributed by atoms with Crippen LogP contribution in [0.1, 0.15) is 25.1 Å². The number of pyridine rings is 2. The number of rotatable bonds is 5. The van der Waals surface area contributed by atoms with Crippen molar-refractivity contribution in [3.63, 3.8) is 0 Å². The summed E-state index contributed by atoms with van der Waals surface area (Å²) in [4.78, 5) is 26.3. The number of hydrogen-bond donors (Lipinski definition) is 1. The largest absolute Gasteiger partial charge is 0.489 e. The minimum Gasteiger partial charge on any atom is -0.489 e. The van der Waals surface area contributed by atoms with Crippen molar-refractivity contribution >= 4 is 51.5 Å². The number of nitrogens with one attached hydrogen (secondary N) is 1. The van der Waals surface area contributed by atoms with Crippen molar-refractivity contribution in [1.29, 1.82) is 0 Å². The number of ether oxygens (including phenoxy) is 1. The highest BCUT2D eigenvalue weighted by molar-refractivity contribution is 8.18. The van der Waals surface area contributed by atoms with Gasteiger partial charge in [0.15, 0.2) is 5.17 Å². The van der Waals surface area contributed by atoms with Crippen LogP contribution in [-0.2, 0) is 11.3 Å². The first-order valence-electron chi connectivity index (χ1n) is 9.41. The molecule has 0 spiro atoms. The number of amides is 1. The Kier molecular flexibility index (Phi) is 6.01. The third-order valence-corrected chi connectivity index (χ3v) is 5.53. The Morgan fingerprint density at radius 2 is 2.07 bits per heavy atom. The van der Waals surface area contributed by atoms with Crippen LogP contribution in [0.3, 0.4) is 0 Å². The van der Waals surface area contributed by atoms with Crippen molar-refractivity contribution < 1.29 is 9.53 Å². The number of benzene rings is 1. The van der Waals surface area contributed by atoms with E-state index in [1.165, 1.54) is 11.8 Å². The van der Waals surface area contributed by atoms with Gasteiger partial charge < -0.3 is 10.1 Å². The Bertz CT molecular complexity index is 1180. The molecule has 4 rings (SSSR count). The fourth-order valence-electron chi connectivity index (χ4n) is 2.87. The van der Waals surface area contributed by atoms with Crippen molar-refractivity contribution in [1.82, 2.24) is 15.3 Å². The van der Waals surface area contributed by atoms with Gasteiger partial charge in [-0.1, -0.05) is 29.8 Å². The van der Waals surface area contributed by atoms with Gasteiger partial charge >= 0.3 is 0 Å². The summed E-state index contributed by atoms with van der Waals surface area (Å²) in [6, 6.07) is 13.0. The number of thioether (sulfide) groups is 1. The number of fused-ring (bicyclic) bond motifs is 1. The van der Waals surface area contributed by atoms with Crippen molar-refractivity contribution in [2.75, 3.05) is 0 Å². The number of amidine groups is 1. The molecule has 30 heavy (non-hydrogen) atoms. The summed E-state index contributed by atoms with van der Waals surface area (Å²) < 4.78 is 5.84. The number of carbonyl (C=O) groups is 1. The predicted molar refractivity (Wildman–Crippen MR) is 122 cm³/mol. The van der Waals surface area contributed by atoms with Crippen LogP contribution >= 0.6 is 23.4 Å². The fraction of sp³-hybridized carbons (Fsp3) is 0.182. The number of aromatic nitrogens is 2. The monoisotopic (exact) mass is 438 g/mol. The van der Waals surface area contributed by atoms with Crippen LogP contribution in [0.4, 0.5) is 0 Å². The lowest BCUT2D eigenvalue weighted by atomic mass is 10.2. The highest BCUT2D eigenvalue weighted by atomic mass is 35.5. The second-order valence-corrected chi connectivity index (χ2v) is 8.29. The average molecular weight is 439 g/mol. The number of carbonyl (C=O) groups excluding carboxylic acids is 1. The van der Waals surface area contributed by atoms with Crippen molar-refractivity contribution in [2.24, 2.45) is 4.99 Å². The summed E-state index contributed by atoms with van der Waals surface area (Å²) in [5.41, 5.74) is 2.95. The zero-order chi connectivity index (χ0) is 21.1. The number of nitrogens with zero attached hydrogens (tertiary/aromatic N) is 3. The lowest BCUT2D eigenvalue weighted by molar-refractivity contribution is -0.115. The van der Waals surface area contributed by atoms with Gasteiger partial charge in [0.2, 0.25) is 0 Å². The first kappa shape index (κ1) is 20.4. The Hall–Kier alpha value is -2.90. The molecule has 0 unspecified atom stereocenters. The average Bonchev–Trinajstić information content (AvgIpc) is 3.07. The van der Waals surface area contributed by atoms with E-state index >= 15 is 0 Å². The van der Waals surface area contributed by atoms with Gasteiger partial charge in [-0.3, -0.25) is 14.8 Å². The topological polar surface area (TPSA) is 76.5 Å². The molecule has 0 aliphatic carbocycles.